The van der Waals surface area contributed by atoms with Crippen LogP contribution in [0.3, 0.4) is 0 Å². The van der Waals surface area contributed by atoms with Crippen molar-refractivity contribution in [2.24, 2.45) is 5.73 Å². The largest absolute Gasteiger partial charge is 0.493 e. The number of carbonyl (C=O) groups excluding carboxylic acids is 1. The predicted molar refractivity (Wildman–Crippen MR) is 105 cm³/mol. The lowest BCUT2D eigenvalue weighted by Gasteiger charge is -2.12. The van der Waals surface area contributed by atoms with Gasteiger partial charge in [0.2, 0.25) is 5.91 Å². The van der Waals surface area contributed by atoms with E-state index < -0.39 is 5.91 Å². The van der Waals surface area contributed by atoms with Crippen LogP contribution in [0, 0.1) is 11.3 Å². The quantitative estimate of drug-likeness (QED) is 0.646. The molecule has 1 heterocycles. The smallest absolute Gasteiger partial charge is 0.250 e. The number of hydrogen-bond donors (Lipinski definition) is 2. The molecule has 0 atom stereocenters. The molecule has 28 heavy (non-hydrogen) atoms. The molecule has 0 aliphatic rings. The summed E-state index contributed by atoms with van der Waals surface area (Å²) < 4.78 is 11.1. The Morgan fingerprint density at radius 2 is 1.93 bits per heavy atom. The number of benzene rings is 2. The number of nitrogens with zero attached hydrogens (tertiary/aromatic N) is 2. The van der Waals surface area contributed by atoms with Gasteiger partial charge in [0.05, 0.1) is 29.3 Å². The number of nitrogens with two attached hydrogens (primary N) is 1. The van der Waals surface area contributed by atoms with Crippen LogP contribution in [-0.2, 0) is 0 Å². The van der Waals surface area contributed by atoms with Gasteiger partial charge in [-0.3, -0.25) is 4.79 Å². The minimum atomic E-state index is -0.597. The van der Waals surface area contributed by atoms with Crippen LogP contribution in [0.1, 0.15) is 15.9 Å². The number of nitrogens with one attached hydrogen (secondary N) is 1. The summed E-state index contributed by atoms with van der Waals surface area (Å²) in [4.78, 5) is 15.3. The van der Waals surface area contributed by atoms with Crippen LogP contribution in [0.5, 0.6) is 17.2 Å². The first kappa shape index (κ1) is 19.0. The van der Waals surface area contributed by atoms with Crippen molar-refractivity contribution in [3.63, 3.8) is 0 Å². The molecule has 0 spiro atoms. The maximum absolute atomic E-state index is 11.2. The number of amides is 1. The summed E-state index contributed by atoms with van der Waals surface area (Å²) in [5.74, 6) is 1.34. The summed E-state index contributed by atoms with van der Waals surface area (Å²) in [6, 6.07) is 15.5. The molecule has 1 amide bonds. The van der Waals surface area contributed by atoms with Crippen molar-refractivity contribution < 1.29 is 14.3 Å². The standard InChI is InChI=1S/C20H15ClN4O3/c1-27-18-8-12(10-22)2-7-17(18)28-15-5-3-14(4-6-15)25-20-16(21)9-13(11-24-20)19(23)26/h2-9,11H,1H3,(H2,23,26)(H,24,25). The van der Waals surface area contributed by atoms with E-state index in [-0.39, 0.29) is 10.6 Å². The first-order chi connectivity index (χ1) is 13.5. The number of halogens is 1. The van der Waals surface area contributed by atoms with Gasteiger partial charge in [-0.1, -0.05) is 11.6 Å². The number of rotatable bonds is 6. The average Bonchev–Trinajstić information content (AvgIpc) is 2.71. The molecular formula is C20H15ClN4O3. The Balaban J connectivity index is 1.74. The zero-order valence-corrected chi connectivity index (χ0v) is 15.5. The van der Waals surface area contributed by atoms with E-state index in [0.717, 1.165) is 5.69 Å². The van der Waals surface area contributed by atoms with E-state index in [2.05, 4.69) is 16.4 Å². The molecule has 0 aliphatic heterocycles. The van der Waals surface area contributed by atoms with Gasteiger partial charge in [0.25, 0.3) is 0 Å². The van der Waals surface area contributed by atoms with Gasteiger partial charge in [0.1, 0.15) is 11.6 Å². The monoisotopic (exact) mass is 394 g/mol. The van der Waals surface area contributed by atoms with Crippen LogP contribution in [0.15, 0.2) is 54.7 Å². The van der Waals surface area contributed by atoms with Gasteiger partial charge < -0.3 is 20.5 Å². The fraction of sp³-hybridized carbons (Fsp3) is 0.0500. The van der Waals surface area contributed by atoms with E-state index in [1.165, 1.54) is 19.4 Å². The molecule has 0 saturated carbocycles. The molecule has 7 nitrogen and oxygen atoms in total. The van der Waals surface area contributed by atoms with Gasteiger partial charge in [-0.05, 0) is 42.5 Å². The van der Waals surface area contributed by atoms with E-state index in [1.807, 2.05) is 0 Å². The van der Waals surface area contributed by atoms with Crippen LogP contribution in [0.25, 0.3) is 0 Å². The van der Waals surface area contributed by atoms with Gasteiger partial charge in [-0.15, -0.1) is 0 Å². The highest BCUT2D eigenvalue weighted by atomic mass is 35.5. The summed E-state index contributed by atoms with van der Waals surface area (Å²) in [5, 5.41) is 12.3. The number of ether oxygens (including phenoxy) is 2. The Labute approximate surface area is 166 Å². The van der Waals surface area contributed by atoms with Crippen molar-refractivity contribution in [3.05, 3.63) is 70.9 Å². The molecule has 3 N–H and O–H groups in total. The first-order valence-corrected chi connectivity index (χ1v) is 8.46. The number of primary amides is 1. The number of nitriles is 1. The van der Waals surface area contributed by atoms with Crippen molar-refractivity contribution in [3.8, 4) is 23.3 Å². The highest BCUT2D eigenvalue weighted by Gasteiger charge is 2.09. The minimum absolute atomic E-state index is 0.232. The lowest BCUT2D eigenvalue weighted by atomic mass is 10.2. The molecule has 0 fully saturated rings. The highest BCUT2D eigenvalue weighted by molar-refractivity contribution is 6.33. The number of anilines is 2. The fourth-order valence-corrected chi connectivity index (χ4v) is 2.57. The van der Waals surface area contributed by atoms with Gasteiger partial charge in [0.15, 0.2) is 11.5 Å². The van der Waals surface area contributed by atoms with E-state index in [0.29, 0.717) is 28.6 Å². The molecule has 3 rings (SSSR count). The Bertz CT molecular complexity index is 1060. The molecule has 0 bridgehead atoms. The molecule has 140 valence electrons. The number of hydrogen-bond acceptors (Lipinski definition) is 6. The molecule has 3 aromatic rings. The van der Waals surface area contributed by atoms with Crippen molar-refractivity contribution in [1.29, 1.82) is 5.26 Å². The van der Waals surface area contributed by atoms with E-state index in [1.54, 1.807) is 42.5 Å². The van der Waals surface area contributed by atoms with Crippen LogP contribution < -0.4 is 20.5 Å². The van der Waals surface area contributed by atoms with Crippen molar-refractivity contribution in [2.45, 2.75) is 0 Å². The number of pyridine rings is 1. The molecular weight excluding hydrogens is 380 g/mol. The summed E-state index contributed by atoms with van der Waals surface area (Å²) in [7, 11) is 1.51. The Hall–Kier alpha value is -3.76. The van der Waals surface area contributed by atoms with Crippen LogP contribution >= 0.6 is 11.6 Å². The third kappa shape index (κ3) is 4.31. The van der Waals surface area contributed by atoms with Crippen LogP contribution in [0.2, 0.25) is 5.02 Å². The fourth-order valence-electron chi connectivity index (χ4n) is 2.36. The Morgan fingerprint density at radius 3 is 2.54 bits per heavy atom. The highest BCUT2D eigenvalue weighted by Crippen LogP contribution is 2.33. The molecule has 0 unspecified atom stereocenters. The number of aromatic nitrogens is 1. The zero-order valence-electron chi connectivity index (χ0n) is 14.8. The molecule has 2 aromatic carbocycles. The summed E-state index contributed by atoms with van der Waals surface area (Å²) in [6.07, 6.45) is 1.35. The van der Waals surface area contributed by atoms with Crippen molar-refractivity contribution in [1.82, 2.24) is 4.98 Å². The van der Waals surface area contributed by atoms with E-state index in [4.69, 9.17) is 32.1 Å². The van der Waals surface area contributed by atoms with Gasteiger partial charge in [0, 0.05) is 18.0 Å². The van der Waals surface area contributed by atoms with Crippen molar-refractivity contribution in [2.75, 3.05) is 12.4 Å². The maximum Gasteiger partial charge on any atom is 0.250 e. The zero-order chi connectivity index (χ0) is 20.1. The molecule has 0 radical (unpaired) electrons. The molecule has 8 heteroatoms. The number of methoxy groups -OCH3 is 1. The van der Waals surface area contributed by atoms with Crippen LogP contribution in [0.4, 0.5) is 11.5 Å². The SMILES string of the molecule is COc1cc(C#N)ccc1Oc1ccc(Nc2ncc(C(N)=O)cc2Cl)cc1. The van der Waals surface area contributed by atoms with Crippen LogP contribution in [-0.4, -0.2) is 18.0 Å². The van der Waals surface area contributed by atoms with Gasteiger partial charge in [-0.2, -0.15) is 5.26 Å². The second kappa shape index (κ2) is 8.29. The normalized spacial score (nSPS) is 10.0. The minimum Gasteiger partial charge on any atom is -0.493 e. The van der Waals surface area contributed by atoms with E-state index >= 15 is 0 Å². The molecule has 0 aliphatic carbocycles. The topological polar surface area (TPSA) is 110 Å². The van der Waals surface area contributed by atoms with Crippen molar-refractivity contribution >= 4 is 29.0 Å². The third-order valence-electron chi connectivity index (χ3n) is 3.76. The average molecular weight is 395 g/mol. The first-order valence-electron chi connectivity index (χ1n) is 8.08. The predicted octanol–water partition coefficient (Wildman–Crippen LogP) is 4.25. The number of carbonyl (C=O) groups is 1. The van der Waals surface area contributed by atoms with Gasteiger partial charge >= 0.3 is 0 Å². The lowest BCUT2D eigenvalue weighted by Crippen LogP contribution is -2.11. The van der Waals surface area contributed by atoms with E-state index in [9.17, 15) is 4.79 Å². The van der Waals surface area contributed by atoms with Gasteiger partial charge in [-0.25, -0.2) is 4.98 Å². The third-order valence-corrected chi connectivity index (χ3v) is 4.05. The molecule has 1 aromatic heterocycles. The summed E-state index contributed by atoms with van der Waals surface area (Å²) >= 11 is 6.13. The second-order valence-corrected chi connectivity index (χ2v) is 6.05. The Kier molecular flexibility index (Phi) is 5.63. The lowest BCUT2D eigenvalue weighted by molar-refractivity contribution is 0.1000. The second-order valence-electron chi connectivity index (χ2n) is 5.65. The Morgan fingerprint density at radius 1 is 1.18 bits per heavy atom. The maximum atomic E-state index is 11.2. The molecule has 0 saturated heterocycles. The summed E-state index contributed by atoms with van der Waals surface area (Å²) in [5.41, 5.74) is 6.64. The summed E-state index contributed by atoms with van der Waals surface area (Å²) in [6.45, 7) is 0.